The Hall–Kier alpha value is 0.113. The van der Waals surface area contributed by atoms with E-state index in [0.29, 0.717) is 0 Å². The summed E-state index contributed by atoms with van der Waals surface area (Å²) < 4.78 is 0. The minimum absolute atomic E-state index is 0. The molecule has 2 aromatic carbocycles. The zero-order chi connectivity index (χ0) is 10.7. The van der Waals surface area contributed by atoms with Gasteiger partial charge in [-0.1, -0.05) is 11.8 Å². The molecule has 0 heterocycles. The van der Waals surface area contributed by atoms with Crippen LogP contribution < -0.4 is 0 Å². The maximum atomic E-state index is 4.25. The molecule has 0 nitrogen and oxygen atoms in total. The first-order chi connectivity index (χ1) is 7.24. The Kier molecular flexibility index (Phi) is 5.98. The molecule has 78 valence electrons. The van der Waals surface area contributed by atoms with Crippen molar-refractivity contribution in [2.24, 2.45) is 0 Å². The number of hydrogen-bond donors (Lipinski definition) is 2. The zero-order valence-electron chi connectivity index (χ0n) is 8.63. The van der Waals surface area contributed by atoms with Crippen LogP contribution in [0.2, 0.25) is 0 Å². The smallest absolute Gasteiger partial charge is 0.0123 e. The van der Waals surface area contributed by atoms with E-state index < -0.39 is 0 Å². The third-order valence-corrected chi connectivity index (χ3v) is 3.52. The summed E-state index contributed by atoms with van der Waals surface area (Å²) in [7, 11) is 0. The molecule has 0 saturated heterocycles. The van der Waals surface area contributed by atoms with Crippen LogP contribution in [-0.4, -0.2) is 0 Å². The van der Waals surface area contributed by atoms with Gasteiger partial charge in [0.25, 0.3) is 0 Å². The topological polar surface area (TPSA) is 0 Å². The Morgan fingerprint density at radius 3 is 1.25 bits per heavy atom. The molecule has 0 aliphatic carbocycles. The van der Waals surface area contributed by atoms with E-state index in [4.69, 9.17) is 0 Å². The summed E-state index contributed by atoms with van der Waals surface area (Å²) in [5.41, 5.74) is 0. The van der Waals surface area contributed by atoms with E-state index >= 15 is 0 Å². The second-order valence-electron chi connectivity index (χ2n) is 3.09. The van der Waals surface area contributed by atoms with E-state index in [1.807, 2.05) is 24.3 Å². The van der Waals surface area contributed by atoms with Gasteiger partial charge in [0.1, 0.15) is 0 Å². The van der Waals surface area contributed by atoms with Crippen molar-refractivity contribution in [3.05, 3.63) is 48.5 Å². The van der Waals surface area contributed by atoms with Crippen molar-refractivity contribution >= 4 is 37.0 Å². The van der Waals surface area contributed by atoms with E-state index in [2.05, 4.69) is 49.5 Å². The molecule has 4 heteroatoms. The third kappa shape index (κ3) is 4.17. The molecule has 0 spiro atoms. The van der Waals surface area contributed by atoms with E-state index in [-0.39, 0.29) is 19.5 Å². The molecule has 0 N–H and O–H groups in total. The zero-order valence-corrected chi connectivity index (χ0v) is 14.2. The summed E-state index contributed by atoms with van der Waals surface area (Å²) >= 11 is 10.2. The van der Waals surface area contributed by atoms with E-state index in [1.54, 1.807) is 11.8 Å². The maximum Gasteiger partial charge on any atom is 0.0123 e. The molecular weight excluding hydrogens is 306 g/mol. The van der Waals surface area contributed by atoms with Crippen LogP contribution in [-0.2, 0) is 19.5 Å². The van der Waals surface area contributed by atoms with Crippen LogP contribution in [0.4, 0.5) is 0 Å². The maximum absolute atomic E-state index is 4.25. The number of thiol groups is 2. The molecular formula is C12H10S3Zn. The molecule has 0 fully saturated rings. The molecule has 0 aromatic heterocycles. The summed E-state index contributed by atoms with van der Waals surface area (Å²) in [6.07, 6.45) is 0. The van der Waals surface area contributed by atoms with Gasteiger partial charge in [0, 0.05) is 39.1 Å². The van der Waals surface area contributed by atoms with Gasteiger partial charge in [-0.05, 0) is 48.5 Å². The molecule has 0 aliphatic heterocycles. The van der Waals surface area contributed by atoms with Crippen molar-refractivity contribution in [3.8, 4) is 0 Å². The van der Waals surface area contributed by atoms with E-state index in [1.165, 1.54) is 9.79 Å². The van der Waals surface area contributed by atoms with Crippen molar-refractivity contribution in [2.75, 3.05) is 0 Å². The molecule has 2 aromatic rings. The molecule has 0 saturated carbocycles. The fourth-order valence-electron chi connectivity index (χ4n) is 1.16. The Bertz CT molecular complexity index is 393. The van der Waals surface area contributed by atoms with Crippen molar-refractivity contribution in [1.29, 1.82) is 0 Å². The molecule has 0 bridgehead atoms. The van der Waals surface area contributed by atoms with Crippen LogP contribution in [0.25, 0.3) is 0 Å². The average Bonchev–Trinajstić information content (AvgIpc) is 2.25. The van der Waals surface area contributed by atoms with Crippen LogP contribution in [0.1, 0.15) is 0 Å². The normalized spacial score (nSPS) is 9.62. The van der Waals surface area contributed by atoms with Gasteiger partial charge in [0.05, 0.1) is 0 Å². The average molecular weight is 316 g/mol. The van der Waals surface area contributed by atoms with E-state index in [9.17, 15) is 0 Å². The van der Waals surface area contributed by atoms with Gasteiger partial charge in [0.15, 0.2) is 0 Å². The fraction of sp³-hybridized carbons (Fsp3) is 0. The van der Waals surface area contributed by atoms with Crippen molar-refractivity contribution in [1.82, 2.24) is 0 Å². The second-order valence-corrected chi connectivity index (χ2v) is 5.27. The number of hydrogen-bond acceptors (Lipinski definition) is 3. The minimum atomic E-state index is 0. The van der Waals surface area contributed by atoms with E-state index in [0.717, 1.165) is 9.79 Å². The van der Waals surface area contributed by atoms with Crippen molar-refractivity contribution in [2.45, 2.75) is 19.6 Å². The van der Waals surface area contributed by atoms with Gasteiger partial charge in [-0.2, -0.15) is 0 Å². The minimum Gasteiger partial charge on any atom is -0.143 e. The first kappa shape index (κ1) is 14.2. The van der Waals surface area contributed by atoms with Crippen LogP contribution in [0.3, 0.4) is 0 Å². The molecule has 0 radical (unpaired) electrons. The monoisotopic (exact) mass is 314 g/mol. The summed E-state index contributed by atoms with van der Waals surface area (Å²) in [6.45, 7) is 0. The SMILES string of the molecule is Sc1ccc(Sc2ccc(S)cc2)cc1.[Zn]. The van der Waals surface area contributed by atoms with Crippen LogP contribution in [0.5, 0.6) is 0 Å². The largest absolute Gasteiger partial charge is 0.143 e. The molecule has 16 heavy (non-hydrogen) atoms. The summed E-state index contributed by atoms with van der Waals surface area (Å²) in [4.78, 5) is 4.43. The van der Waals surface area contributed by atoms with Crippen LogP contribution in [0, 0.1) is 0 Å². The summed E-state index contributed by atoms with van der Waals surface area (Å²) in [5.74, 6) is 0. The first-order valence-corrected chi connectivity index (χ1v) is 6.21. The number of benzene rings is 2. The summed E-state index contributed by atoms with van der Waals surface area (Å²) in [5, 5.41) is 0. The first-order valence-electron chi connectivity index (χ1n) is 4.50. The Morgan fingerprint density at radius 1 is 0.625 bits per heavy atom. The summed E-state index contributed by atoms with van der Waals surface area (Å²) in [6, 6.07) is 16.3. The molecule has 0 unspecified atom stereocenters. The molecule has 0 aliphatic rings. The Labute approximate surface area is 124 Å². The van der Waals surface area contributed by atoms with Crippen LogP contribution in [0.15, 0.2) is 68.1 Å². The predicted octanol–water partition coefficient (Wildman–Crippen LogP) is 4.41. The second kappa shape index (κ2) is 6.75. The quantitative estimate of drug-likeness (QED) is 0.611. The Morgan fingerprint density at radius 2 is 0.938 bits per heavy atom. The van der Waals surface area contributed by atoms with Gasteiger partial charge in [-0.25, -0.2) is 0 Å². The fourth-order valence-corrected chi connectivity index (χ4v) is 2.28. The van der Waals surface area contributed by atoms with Crippen LogP contribution >= 0.6 is 37.0 Å². The standard InChI is InChI=1S/C12H10S3.Zn/c13-9-1-5-11(6-2-9)15-12-7-3-10(14)4-8-12;/h1-8,13-14H;. The Balaban J connectivity index is 0.00000128. The molecule has 2 rings (SSSR count). The molecule has 0 amide bonds. The van der Waals surface area contributed by atoms with Gasteiger partial charge < -0.3 is 0 Å². The van der Waals surface area contributed by atoms with Gasteiger partial charge in [-0.3, -0.25) is 0 Å². The third-order valence-electron chi connectivity index (χ3n) is 1.91. The predicted molar refractivity (Wildman–Crippen MR) is 71.5 cm³/mol. The molecule has 0 atom stereocenters. The van der Waals surface area contributed by atoms with Crippen molar-refractivity contribution in [3.63, 3.8) is 0 Å². The van der Waals surface area contributed by atoms with Gasteiger partial charge in [0.2, 0.25) is 0 Å². The van der Waals surface area contributed by atoms with Crippen molar-refractivity contribution < 1.29 is 19.5 Å². The number of rotatable bonds is 2. The van der Waals surface area contributed by atoms with Gasteiger partial charge in [-0.15, -0.1) is 25.3 Å². The van der Waals surface area contributed by atoms with Gasteiger partial charge >= 0.3 is 0 Å².